The van der Waals surface area contributed by atoms with Crippen LogP contribution in [0.25, 0.3) is 22.5 Å². The standard InChI is InChI=1S/C19H20N2O/c1-2-3-14-21-18(16-12-8-5-9-13-16)19(22)17(20-21)15-10-6-4-7-11-15/h4-13,22H,2-3,14H2,1H3. The highest BCUT2D eigenvalue weighted by Gasteiger charge is 2.19. The molecule has 1 heterocycles. The van der Waals surface area contributed by atoms with Gasteiger partial charge in [0.2, 0.25) is 0 Å². The van der Waals surface area contributed by atoms with Gasteiger partial charge in [-0.1, -0.05) is 74.0 Å². The molecule has 0 unspecified atom stereocenters. The molecular formula is C19H20N2O. The number of rotatable bonds is 5. The van der Waals surface area contributed by atoms with Crippen LogP contribution in [0.2, 0.25) is 0 Å². The van der Waals surface area contributed by atoms with Crippen LogP contribution >= 0.6 is 0 Å². The van der Waals surface area contributed by atoms with Gasteiger partial charge in [-0.15, -0.1) is 0 Å². The molecule has 0 saturated carbocycles. The number of nitrogens with zero attached hydrogens (tertiary/aromatic N) is 2. The van der Waals surface area contributed by atoms with E-state index in [0.717, 1.165) is 36.2 Å². The summed E-state index contributed by atoms with van der Waals surface area (Å²) in [5.74, 6) is 0.258. The van der Waals surface area contributed by atoms with Crippen molar-refractivity contribution in [2.45, 2.75) is 26.3 Å². The predicted octanol–water partition coefficient (Wildman–Crippen LogP) is 4.72. The number of aromatic nitrogens is 2. The molecule has 3 aromatic rings. The van der Waals surface area contributed by atoms with Gasteiger partial charge in [0.15, 0.2) is 5.75 Å². The van der Waals surface area contributed by atoms with Crippen molar-refractivity contribution in [3.8, 4) is 28.3 Å². The molecule has 2 aromatic carbocycles. The van der Waals surface area contributed by atoms with E-state index in [4.69, 9.17) is 0 Å². The van der Waals surface area contributed by atoms with E-state index in [1.807, 2.05) is 65.3 Å². The van der Waals surface area contributed by atoms with Crippen molar-refractivity contribution in [3.05, 3.63) is 60.7 Å². The van der Waals surface area contributed by atoms with Gasteiger partial charge in [-0.2, -0.15) is 5.10 Å². The van der Waals surface area contributed by atoms with E-state index in [2.05, 4.69) is 12.0 Å². The summed E-state index contributed by atoms with van der Waals surface area (Å²) in [5, 5.41) is 15.4. The summed E-state index contributed by atoms with van der Waals surface area (Å²) < 4.78 is 1.93. The van der Waals surface area contributed by atoms with Crippen LogP contribution in [0.4, 0.5) is 0 Å². The summed E-state index contributed by atoms with van der Waals surface area (Å²) in [6, 6.07) is 19.8. The van der Waals surface area contributed by atoms with Gasteiger partial charge in [-0.05, 0) is 6.42 Å². The van der Waals surface area contributed by atoms with Crippen molar-refractivity contribution in [1.82, 2.24) is 9.78 Å². The van der Waals surface area contributed by atoms with Crippen LogP contribution in [0.1, 0.15) is 19.8 Å². The summed E-state index contributed by atoms with van der Waals surface area (Å²) in [4.78, 5) is 0. The third-order valence-corrected chi connectivity index (χ3v) is 3.75. The first-order chi connectivity index (χ1) is 10.8. The Kier molecular flexibility index (Phi) is 4.24. The van der Waals surface area contributed by atoms with Crippen molar-refractivity contribution in [2.24, 2.45) is 0 Å². The van der Waals surface area contributed by atoms with Gasteiger partial charge in [-0.25, -0.2) is 0 Å². The fraction of sp³-hybridized carbons (Fsp3) is 0.211. The molecule has 0 atom stereocenters. The Bertz CT molecular complexity index is 733. The highest BCUT2D eigenvalue weighted by molar-refractivity contribution is 5.77. The average molecular weight is 292 g/mol. The van der Waals surface area contributed by atoms with Gasteiger partial charge >= 0.3 is 0 Å². The smallest absolute Gasteiger partial charge is 0.169 e. The lowest BCUT2D eigenvalue weighted by atomic mass is 10.1. The lowest BCUT2D eigenvalue weighted by Crippen LogP contribution is -2.02. The number of unbranched alkanes of at least 4 members (excludes halogenated alkanes) is 1. The normalized spacial score (nSPS) is 10.8. The topological polar surface area (TPSA) is 38.0 Å². The molecule has 3 heteroatoms. The van der Waals surface area contributed by atoms with Crippen LogP contribution in [0.5, 0.6) is 5.75 Å². The van der Waals surface area contributed by atoms with E-state index in [1.54, 1.807) is 0 Å². The van der Waals surface area contributed by atoms with E-state index in [1.165, 1.54) is 0 Å². The molecule has 112 valence electrons. The fourth-order valence-corrected chi connectivity index (χ4v) is 2.59. The SMILES string of the molecule is CCCCn1nc(-c2ccccc2)c(O)c1-c1ccccc1. The molecule has 0 saturated heterocycles. The summed E-state index contributed by atoms with van der Waals surface area (Å²) in [7, 11) is 0. The largest absolute Gasteiger partial charge is 0.504 e. The van der Waals surface area contributed by atoms with Crippen molar-refractivity contribution < 1.29 is 5.11 Å². The molecule has 0 radical (unpaired) electrons. The third-order valence-electron chi connectivity index (χ3n) is 3.75. The molecule has 22 heavy (non-hydrogen) atoms. The summed E-state index contributed by atoms with van der Waals surface area (Å²) in [6.07, 6.45) is 2.13. The first-order valence-electron chi connectivity index (χ1n) is 7.72. The Morgan fingerprint density at radius 2 is 1.50 bits per heavy atom. The zero-order valence-electron chi connectivity index (χ0n) is 12.7. The zero-order valence-corrected chi connectivity index (χ0v) is 12.7. The first kappa shape index (κ1) is 14.4. The van der Waals surface area contributed by atoms with E-state index in [-0.39, 0.29) is 5.75 Å². The van der Waals surface area contributed by atoms with Gasteiger partial charge in [-0.3, -0.25) is 4.68 Å². The highest BCUT2D eigenvalue weighted by Crippen LogP contribution is 2.37. The molecule has 1 aromatic heterocycles. The van der Waals surface area contributed by atoms with Crippen LogP contribution in [0.15, 0.2) is 60.7 Å². The minimum absolute atomic E-state index is 0.258. The van der Waals surface area contributed by atoms with Crippen LogP contribution < -0.4 is 0 Å². The minimum atomic E-state index is 0.258. The van der Waals surface area contributed by atoms with Crippen molar-refractivity contribution >= 4 is 0 Å². The first-order valence-corrected chi connectivity index (χ1v) is 7.72. The molecule has 0 amide bonds. The molecule has 0 bridgehead atoms. The monoisotopic (exact) mass is 292 g/mol. The molecule has 0 aliphatic carbocycles. The molecule has 0 fully saturated rings. The van der Waals surface area contributed by atoms with Crippen LogP contribution in [-0.2, 0) is 6.54 Å². The molecule has 3 rings (SSSR count). The van der Waals surface area contributed by atoms with Gasteiger partial charge in [0.25, 0.3) is 0 Å². The van der Waals surface area contributed by atoms with E-state index < -0.39 is 0 Å². The average Bonchev–Trinajstić information content (AvgIpc) is 2.91. The Labute approximate surface area is 130 Å². The predicted molar refractivity (Wildman–Crippen MR) is 89.7 cm³/mol. The molecule has 0 aliphatic rings. The molecule has 1 N–H and O–H groups in total. The van der Waals surface area contributed by atoms with Crippen molar-refractivity contribution in [2.75, 3.05) is 0 Å². The molecule has 0 aliphatic heterocycles. The fourth-order valence-electron chi connectivity index (χ4n) is 2.59. The minimum Gasteiger partial charge on any atom is -0.504 e. The number of benzene rings is 2. The second-order valence-corrected chi connectivity index (χ2v) is 5.35. The molecular weight excluding hydrogens is 272 g/mol. The van der Waals surface area contributed by atoms with E-state index >= 15 is 0 Å². The van der Waals surface area contributed by atoms with Gasteiger partial charge < -0.3 is 5.11 Å². The second-order valence-electron chi connectivity index (χ2n) is 5.35. The van der Waals surface area contributed by atoms with Crippen molar-refractivity contribution in [1.29, 1.82) is 0 Å². The maximum Gasteiger partial charge on any atom is 0.169 e. The Morgan fingerprint density at radius 1 is 0.909 bits per heavy atom. The Morgan fingerprint density at radius 3 is 2.09 bits per heavy atom. The van der Waals surface area contributed by atoms with Gasteiger partial charge in [0.1, 0.15) is 11.4 Å². The highest BCUT2D eigenvalue weighted by atomic mass is 16.3. The second kappa shape index (κ2) is 6.48. The third kappa shape index (κ3) is 2.75. The Balaban J connectivity index is 2.13. The van der Waals surface area contributed by atoms with Gasteiger partial charge in [0, 0.05) is 17.7 Å². The van der Waals surface area contributed by atoms with Crippen LogP contribution in [-0.4, -0.2) is 14.9 Å². The van der Waals surface area contributed by atoms with Crippen LogP contribution in [0.3, 0.4) is 0 Å². The van der Waals surface area contributed by atoms with Gasteiger partial charge in [0.05, 0.1) is 0 Å². The molecule has 0 spiro atoms. The Hall–Kier alpha value is -2.55. The van der Waals surface area contributed by atoms with Crippen LogP contribution in [0, 0.1) is 0 Å². The number of aromatic hydroxyl groups is 1. The summed E-state index contributed by atoms with van der Waals surface area (Å²) >= 11 is 0. The maximum atomic E-state index is 10.7. The number of hydrogen-bond donors (Lipinski definition) is 1. The van der Waals surface area contributed by atoms with E-state index in [0.29, 0.717) is 5.69 Å². The molecule has 3 nitrogen and oxygen atoms in total. The quantitative estimate of drug-likeness (QED) is 0.738. The summed E-state index contributed by atoms with van der Waals surface area (Å²) in [5.41, 5.74) is 3.38. The van der Waals surface area contributed by atoms with E-state index in [9.17, 15) is 5.11 Å². The number of hydrogen-bond acceptors (Lipinski definition) is 2. The lowest BCUT2D eigenvalue weighted by Gasteiger charge is -2.06. The van der Waals surface area contributed by atoms with Crippen molar-refractivity contribution in [3.63, 3.8) is 0 Å². The number of aryl methyl sites for hydroxylation is 1. The summed E-state index contributed by atoms with van der Waals surface area (Å²) in [6.45, 7) is 2.96. The maximum absolute atomic E-state index is 10.7. The lowest BCUT2D eigenvalue weighted by molar-refractivity contribution is 0.477. The zero-order chi connectivity index (χ0) is 15.4.